The molecule has 2 heterocycles. The van der Waals surface area contributed by atoms with Gasteiger partial charge in [-0.2, -0.15) is 0 Å². The first-order valence-corrected chi connectivity index (χ1v) is 8.12. The second-order valence-electron chi connectivity index (χ2n) is 6.67. The molecular weight excluding hydrogens is 252 g/mol. The van der Waals surface area contributed by atoms with E-state index in [9.17, 15) is 9.59 Å². The molecule has 2 amide bonds. The van der Waals surface area contributed by atoms with Crippen molar-refractivity contribution in [1.29, 1.82) is 0 Å². The Labute approximate surface area is 122 Å². The molecule has 114 valence electrons. The number of rotatable bonds is 3. The first-order valence-electron chi connectivity index (χ1n) is 8.12. The van der Waals surface area contributed by atoms with E-state index in [0.717, 1.165) is 39.0 Å². The largest absolute Gasteiger partial charge is 0.342 e. The molecule has 2 fully saturated rings. The Kier molecular flexibility index (Phi) is 5.44. The second kappa shape index (κ2) is 7.09. The van der Waals surface area contributed by atoms with Crippen molar-refractivity contribution < 1.29 is 9.59 Å². The van der Waals surface area contributed by atoms with Gasteiger partial charge in [0.05, 0.1) is 0 Å². The molecule has 0 radical (unpaired) electrons. The first kappa shape index (κ1) is 15.3. The van der Waals surface area contributed by atoms with Crippen LogP contribution < -0.4 is 0 Å². The maximum absolute atomic E-state index is 12.2. The number of likely N-dealkylation sites (tertiary alicyclic amines) is 2. The van der Waals surface area contributed by atoms with Crippen LogP contribution in [0.5, 0.6) is 0 Å². The molecule has 4 heteroatoms. The molecule has 0 unspecified atom stereocenters. The van der Waals surface area contributed by atoms with Gasteiger partial charge in [0, 0.05) is 39.0 Å². The molecule has 4 nitrogen and oxygen atoms in total. The molecule has 0 N–H and O–H groups in total. The number of carbonyl (C=O) groups is 2. The van der Waals surface area contributed by atoms with E-state index >= 15 is 0 Å². The topological polar surface area (TPSA) is 40.6 Å². The summed E-state index contributed by atoms with van der Waals surface area (Å²) in [5.41, 5.74) is 0. The van der Waals surface area contributed by atoms with E-state index in [1.807, 2.05) is 9.80 Å². The Morgan fingerprint density at radius 2 is 1.25 bits per heavy atom. The summed E-state index contributed by atoms with van der Waals surface area (Å²) in [6, 6.07) is 0. The SMILES string of the molecule is C[C@H]1CCCN(C(=O)CCC(=O)N2CCC[C@H](C)C2)C1. The van der Waals surface area contributed by atoms with Gasteiger partial charge < -0.3 is 9.80 Å². The predicted molar refractivity (Wildman–Crippen MR) is 79.2 cm³/mol. The van der Waals surface area contributed by atoms with Crippen LogP contribution in [-0.4, -0.2) is 47.8 Å². The quantitative estimate of drug-likeness (QED) is 0.796. The van der Waals surface area contributed by atoms with Gasteiger partial charge in [0.2, 0.25) is 11.8 Å². The third-order valence-electron chi connectivity index (χ3n) is 4.57. The van der Waals surface area contributed by atoms with E-state index in [-0.39, 0.29) is 11.8 Å². The highest BCUT2D eigenvalue weighted by Gasteiger charge is 2.24. The Morgan fingerprint density at radius 1 is 0.850 bits per heavy atom. The zero-order chi connectivity index (χ0) is 14.5. The zero-order valence-corrected chi connectivity index (χ0v) is 12.9. The zero-order valence-electron chi connectivity index (χ0n) is 12.9. The molecule has 0 bridgehead atoms. The summed E-state index contributed by atoms with van der Waals surface area (Å²) in [6.45, 7) is 7.87. The minimum Gasteiger partial charge on any atom is -0.342 e. The van der Waals surface area contributed by atoms with Crippen molar-refractivity contribution in [3.63, 3.8) is 0 Å². The van der Waals surface area contributed by atoms with Crippen molar-refractivity contribution in [1.82, 2.24) is 9.80 Å². The molecule has 2 atom stereocenters. The van der Waals surface area contributed by atoms with Crippen molar-refractivity contribution in [2.75, 3.05) is 26.2 Å². The standard InChI is InChI=1S/C16H28N2O2/c1-13-5-3-9-17(11-13)15(19)7-8-16(20)18-10-4-6-14(2)12-18/h13-14H,3-12H2,1-2H3/t13-,14-/m0/s1. The lowest BCUT2D eigenvalue weighted by atomic mass is 9.99. The molecule has 2 rings (SSSR count). The summed E-state index contributed by atoms with van der Waals surface area (Å²) in [6.07, 6.45) is 5.41. The predicted octanol–water partition coefficient (Wildman–Crippen LogP) is 2.28. The van der Waals surface area contributed by atoms with E-state index in [2.05, 4.69) is 13.8 Å². The van der Waals surface area contributed by atoms with Gasteiger partial charge in [-0.1, -0.05) is 13.8 Å². The smallest absolute Gasteiger partial charge is 0.223 e. The molecule has 0 spiro atoms. The molecule has 0 saturated carbocycles. The van der Waals surface area contributed by atoms with Crippen LogP contribution in [0, 0.1) is 11.8 Å². The lowest BCUT2D eigenvalue weighted by Gasteiger charge is -2.32. The molecule has 20 heavy (non-hydrogen) atoms. The Bertz CT molecular complexity index is 322. The van der Waals surface area contributed by atoms with Crippen LogP contribution >= 0.6 is 0 Å². The highest BCUT2D eigenvalue weighted by Crippen LogP contribution is 2.18. The van der Waals surface area contributed by atoms with Gasteiger partial charge in [0.25, 0.3) is 0 Å². The van der Waals surface area contributed by atoms with Crippen LogP contribution in [0.3, 0.4) is 0 Å². The highest BCUT2D eigenvalue weighted by atomic mass is 16.2. The molecule has 2 saturated heterocycles. The van der Waals surface area contributed by atoms with Gasteiger partial charge in [-0.05, 0) is 37.5 Å². The monoisotopic (exact) mass is 280 g/mol. The molecule has 0 aliphatic carbocycles. The van der Waals surface area contributed by atoms with Crippen molar-refractivity contribution in [2.24, 2.45) is 11.8 Å². The molecule has 2 aliphatic rings. The summed E-state index contributed by atoms with van der Waals surface area (Å²) in [7, 11) is 0. The van der Waals surface area contributed by atoms with Crippen molar-refractivity contribution >= 4 is 11.8 Å². The first-order chi connectivity index (χ1) is 9.56. The van der Waals surface area contributed by atoms with E-state index in [1.165, 1.54) is 12.8 Å². The van der Waals surface area contributed by atoms with Gasteiger partial charge in [-0.25, -0.2) is 0 Å². The minimum absolute atomic E-state index is 0.162. The van der Waals surface area contributed by atoms with Crippen molar-refractivity contribution in [3.8, 4) is 0 Å². The lowest BCUT2D eigenvalue weighted by molar-refractivity contribution is -0.138. The van der Waals surface area contributed by atoms with E-state index in [1.54, 1.807) is 0 Å². The number of piperidine rings is 2. The van der Waals surface area contributed by atoms with Crippen molar-refractivity contribution in [3.05, 3.63) is 0 Å². The fourth-order valence-corrected chi connectivity index (χ4v) is 3.36. The Balaban J connectivity index is 1.73. The maximum atomic E-state index is 12.2. The van der Waals surface area contributed by atoms with Crippen molar-refractivity contribution in [2.45, 2.75) is 52.4 Å². The third kappa shape index (κ3) is 4.22. The fourth-order valence-electron chi connectivity index (χ4n) is 3.36. The van der Waals surface area contributed by atoms with E-state index < -0.39 is 0 Å². The van der Waals surface area contributed by atoms with Gasteiger partial charge in [0.1, 0.15) is 0 Å². The number of carbonyl (C=O) groups excluding carboxylic acids is 2. The normalized spacial score (nSPS) is 27.5. The molecule has 0 aromatic heterocycles. The number of amides is 2. The highest BCUT2D eigenvalue weighted by molar-refractivity contribution is 5.84. The van der Waals surface area contributed by atoms with Crippen LogP contribution in [0.25, 0.3) is 0 Å². The van der Waals surface area contributed by atoms with Gasteiger partial charge in [0.15, 0.2) is 0 Å². The van der Waals surface area contributed by atoms with Gasteiger partial charge in [-0.3, -0.25) is 9.59 Å². The van der Waals surface area contributed by atoms with E-state index in [0.29, 0.717) is 24.7 Å². The number of hydrogen-bond acceptors (Lipinski definition) is 2. The Morgan fingerprint density at radius 3 is 1.60 bits per heavy atom. The van der Waals surface area contributed by atoms with Crippen LogP contribution in [0.15, 0.2) is 0 Å². The van der Waals surface area contributed by atoms with Gasteiger partial charge >= 0.3 is 0 Å². The molecular formula is C16H28N2O2. The summed E-state index contributed by atoms with van der Waals surface area (Å²) in [4.78, 5) is 28.2. The summed E-state index contributed by atoms with van der Waals surface area (Å²) >= 11 is 0. The maximum Gasteiger partial charge on any atom is 0.223 e. The minimum atomic E-state index is 0.162. The lowest BCUT2D eigenvalue weighted by Crippen LogP contribution is -2.41. The summed E-state index contributed by atoms with van der Waals surface area (Å²) in [5, 5.41) is 0. The fraction of sp³-hybridized carbons (Fsp3) is 0.875. The second-order valence-corrected chi connectivity index (χ2v) is 6.67. The number of hydrogen-bond donors (Lipinski definition) is 0. The summed E-state index contributed by atoms with van der Waals surface area (Å²) < 4.78 is 0. The average Bonchev–Trinajstić information content (AvgIpc) is 2.44. The molecule has 0 aromatic rings. The van der Waals surface area contributed by atoms with E-state index in [4.69, 9.17) is 0 Å². The van der Waals surface area contributed by atoms with Crippen LogP contribution in [-0.2, 0) is 9.59 Å². The van der Waals surface area contributed by atoms with Gasteiger partial charge in [-0.15, -0.1) is 0 Å². The average molecular weight is 280 g/mol. The molecule has 0 aromatic carbocycles. The van der Waals surface area contributed by atoms with Crippen LogP contribution in [0.2, 0.25) is 0 Å². The Hall–Kier alpha value is -1.06. The van der Waals surface area contributed by atoms with Crippen LogP contribution in [0.1, 0.15) is 52.4 Å². The summed E-state index contributed by atoms with van der Waals surface area (Å²) in [5.74, 6) is 1.53. The number of nitrogens with zero attached hydrogens (tertiary/aromatic N) is 2. The third-order valence-corrected chi connectivity index (χ3v) is 4.57. The van der Waals surface area contributed by atoms with Crippen LogP contribution in [0.4, 0.5) is 0 Å². The molecule has 2 aliphatic heterocycles.